The van der Waals surface area contributed by atoms with Crippen molar-refractivity contribution in [3.63, 3.8) is 0 Å². The molecular weight excluding hydrogens is 469 g/mol. The van der Waals surface area contributed by atoms with E-state index in [-0.39, 0.29) is 0 Å². The van der Waals surface area contributed by atoms with Gasteiger partial charge in [-0.1, -0.05) is 66.7 Å². The van der Waals surface area contributed by atoms with Crippen LogP contribution in [-0.4, -0.2) is 9.31 Å². The third-order valence-electron chi connectivity index (χ3n) is 7.85. The van der Waals surface area contributed by atoms with Gasteiger partial charge in [-0.15, -0.1) is 0 Å². The SMILES string of the molecule is c1cc2nc(c1)CCc1ccccc1-[n+]1pn(c3c1-c1cccc4cccc-3c14)-c1ccccc1CC2. The third kappa shape index (κ3) is 3.24. The maximum Gasteiger partial charge on any atom is 0.358 e. The van der Waals surface area contributed by atoms with Gasteiger partial charge in [0, 0.05) is 27.9 Å². The molecule has 37 heavy (non-hydrogen) atoms. The molecule has 0 unspecified atom stereocenters. The molecule has 0 saturated heterocycles. The van der Waals surface area contributed by atoms with E-state index in [1.54, 1.807) is 0 Å². The third-order valence-corrected chi connectivity index (χ3v) is 9.04. The van der Waals surface area contributed by atoms with Crippen molar-refractivity contribution >= 4 is 19.3 Å². The van der Waals surface area contributed by atoms with Gasteiger partial charge in [0.1, 0.15) is 11.4 Å². The monoisotopic (exact) mass is 494 g/mol. The Morgan fingerprint density at radius 2 is 1.30 bits per heavy atom. The molecule has 0 fully saturated rings. The van der Waals surface area contributed by atoms with Crippen LogP contribution in [0.25, 0.3) is 44.7 Å². The maximum atomic E-state index is 5.03. The summed E-state index contributed by atoms with van der Waals surface area (Å²) in [6.45, 7) is 0. The molecule has 4 aromatic carbocycles. The van der Waals surface area contributed by atoms with Crippen LogP contribution in [0, 0.1) is 0 Å². The Balaban J connectivity index is 1.47. The van der Waals surface area contributed by atoms with E-state index in [4.69, 9.17) is 4.98 Å². The summed E-state index contributed by atoms with van der Waals surface area (Å²) >= 11 is 0. The van der Waals surface area contributed by atoms with E-state index >= 15 is 0 Å². The Bertz CT molecular complexity index is 1720. The second-order valence-corrected chi connectivity index (χ2v) is 11.0. The average Bonchev–Trinajstić information content (AvgIpc) is 3.49. The van der Waals surface area contributed by atoms with E-state index in [1.807, 2.05) is 0 Å². The smallest absolute Gasteiger partial charge is 0.258 e. The number of nitrogens with zero attached hydrogens (tertiary/aromatic N) is 3. The normalized spacial score (nSPS) is 13.7. The molecule has 3 heterocycles. The highest BCUT2D eigenvalue weighted by Gasteiger charge is 2.37. The van der Waals surface area contributed by atoms with Gasteiger partial charge in [0.2, 0.25) is 0 Å². The molecule has 4 bridgehead atoms. The van der Waals surface area contributed by atoms with Crippen molar-refractivity contribution < 1.29 is 4.33 Å². The highest BCUT2D eigenvalue weighted by molar-refractivity contribution is 7.18. The van der Waals surface area contributed by atoms with Crippen molar-refractivity contribution in [2.45, 2.75) is 25.7 Å². The van der Waals surface area contributed by atoms with Crippen molar-refractivity contribution in [1.29, 1.82) is 0 Å². The largest absolute Gasteiger partial charge is 0.358 e. The Labute approximate surface area is 217 Å². The molecule has 0 N–H and O–H groups in total. The summed E-state index contributed by atoms with van der Waals surface area (Å²) in [6, 6.07) is 37.9. The fourth-order valence-electron chi connectivity index (χ4n) is 6.13. The lowest BCUT2D eigenvalue weighted by Gasteiger charge is -2.10. The summed E-state index contributed by atoms with van der Waals surface area (Å²) < 4.78 is 5.07. The first kappa shape index (κ1) is 21.1. The molecule has 0 amide bonds. The van der Waals surface area contributed by atoms with Crippen LogP contribution in [-0.2, 0) is 25.7 Å². The molecule has 1 aliphatic heterocycles. The lowest BCUT2D eigenvalue weighted by molar-refractivity contribution is -0.505. The van der Waals surface area contributed by atoms with E-state index in [2.05, 4.69) is 112 Å². The van der Waals surface area contributed by atoms with E-state index in [0.717, 1.165) is 34.2 Å². The molecule has 6 aromatic rings. The fraction of sp³-hybridized carbons (Fsp3) is 0.121. The molecule has 176 valence electrons. The summed E-state index contributed by atoms with van der Waals surface area (Å²) in [5, 5.41) is 2.68. The minimum Gasteiger partial charge on any atom is -0.258 e. The number of rotatable bonds is 0. The minimum atomic E-state index is 0.942. The Hall–Kier alpha value is -4.07. The number of fused-ring (bicyclic) bond motifs is 13. The fourth-order valence-corrected chi connectivity index (χ4v) is 7.47. The molecule has 4 heteroatoms. The number of hydrogen-bond acceptors (Lipinski definition) is 1. The number of aromatic nitrogens is 3. The minimum absolute atomic E-state index is 0.942. The topological polar surface area (TPSA) is 21.7 Å². The van der Waals surface area contributed by atoms with Crippen LogP contribution in [0.3, 0.4) is 0 Å². The highest BCUT2D eigenvalue weighted by Crippen LogP contribution is 2.49. The van der Waals surface area contributed by atoms with Crippen LogP contribution in [0.1, 0.15) is 22.5 Å². The Kier molecular flexibility index (Phi) is 4.68. The van der Waals surface area contributed by atoms with Crippen molar-refractivity contribution in [2.75, 3.05) is 0 Å². The van der Waals surface area contributed by atoms with E-state index < -0.39 is 0 Å². The molecule has 0 saturated carbocycles. The molecule has 0 spiro atoms. The van der Waals surface area contributed by atoms with Gasteiger partial charge >= 0.3 is 8.51 Å². The predicted octanol–water partition coefficient (Wildman–Crippen LogP) is 7.41. The summed E-state index contributed by atoms with van der Waals surface area (Å²) in [5.41, 5.74) is 13.0. The van der Waals surface area contributed by atoms with Gasteiger partial charge in [-0.2, -0.15) is 8.66 Å². The quantitative estimate of drug-likeness (QED) is 0.215. The van der Waals surface area contributed by atoms with E-state index in [9.17, 15) is 0 Å². The zero-order valence-corrected chi connectivity index (χ0v) is 21.3. The Morgan fingerprint density at radius 3 is 2.14 bits per heavy atom. The molecular formula is C33H25N3P+. The highest BCUT2D eigenvalue weighted by atomic mass is 31.1. The van der Waals surface area contributed by atoms with Crippen molar-refractivity contribution in [3.8, 4) is 33.9 Å². The summed E-state index contributed by atoms with van der Waals surface area (Å²) in [4.78, 5) is 5.03. The Morgan fingerprint density at radius 1 is 0.622 bits per heavy atom. The second-order valence-electron chi connectivity index (χ2n) is 10.00. The van der Waals surface area contributed by atoms with Gasteiger partial charge in [-0.05, 0) is 78.6 Å². The van der Waals surface area contributed by atoms with Crippen molar-refractivity contribution in [2.24, 2.45) is 0 Å². The lowest BCUT2D eigenvalue weighted by atomic mass is 10.0. The number of pyridine rings is 1. The second kappa shape index (κ2) is 8.23. The number of aryl methyl sites for hydroxylation is 4. The zero-order chi connectivity index (χ0) is 24.3. The molecule has 3 nitrogen and oxygen atoms in total. The van der Waals surface area contributed by atoms with E-state index in [1.165, 1.54) is 67.2 Å². The van der Waals surface area contributed by atoms with E-state index in [0.29, 0.717) is 0 Å². The number of para-hydroxylation sites is 2. The van der Waals surface area contributed by atoms with Crippen LogP contribution in [0.15, 0.2) is 103 Å². The van der Waals surface area contributed by atoms with Crippen LogP contribution in [0.4, 0.5) is 0 Å². The average molecular weight is 495 g/mol. The predicted molar refractivity (Wildman–Crippen MR) is 151 cm³/mol. The van der Waals surface area contributed by atoms with Gasteiger partial charge in [0.25, 0.3) is 0 Å². The first-order valence-electron chi connectivity index (χ1n) is 13.0. The van der Waals surface area contributed by atoms with Crippen molar-refractivity contribution in [1.82, 2.24) is 9.31 Å². The molecule has 1 aliphatic carbocycles. The first-order chi connectivity index (χ1) is 18.3. The maximum absolute atomic E-state index is 5.03. The molecule has 0 atom stereocenters. The first-order valence-corrected chi connectivity index (χ1v) is 13.8. The van der Waals surface area contributed by atoms with Gasteiger partial charge < -0.3 is 0 Å². The summed E-state index contributed by atoms with van der Waals surface area (Å²) in [7, 11) is 1.15. The van der Waals surface area contributed by atoms with Gasteiger partial charge in [-0.25, -0.2) is 0 Å². The molecule has 0 radical (unpaired) electrons. The summed E-state index contributed by atoms with van der Waals surface area (Å²) in [5.74, 6) is 0. The van der Waals surface area contributed by atoms with Crippen LogP contribution in [0.5, 0.6) is 0 Å². The molecule has 8 rings (SSSR count). The van der Waals surface area contributed by atoms with Crippen LogP contribution < -0.4 is 4.33 Å². The van der Waals surface area contributed by atoms with Gasteiger partial charge in [-0.3, -0.25) is 4.98 Å². The number of benzene rings is 4. The zero-order valence-electron chi connectivity index (χ0n) is 20.4. The standard InChI is InChI=1S/C33H25N3P/c1-3-16-29-22(8-1)18-20-25-12-7-13-26(34-25)21-19-23-9-2-4-17-30(23)36-33-28-15-6-11-24-10-5-14-27(31(24)28)32(33)35(29)37-36/h1-17H,18-21H2/q+1. The van der Waals surface area contributed by atoms with Gasteiger partial charge in [0.05, 0.1) is 0 Å². The molecule has 2 aliphatic rings. The molecule has 2 aromatic heterocycles. The summed E-state index contributed by atoms with van der Waals surface area (Å²) in [6.07, 6.45) is 3.82. The van der Waals surface area contributed by atoms with Crippen LogP contribution >= 0.6 is 8.51 Å². The lowest BCUT2D eigenvalue weighted by Crippen LogP contribution is -2.28. The van der Waals surface area contributed by atoms with Gasteiger partial charge in [0.15, 0.2) is 11.4 Å². The van der Waals surface area contributed by atoms with Crippen LogP contribution in [0.2, 0.25) is 0 Å². The van der Waals surface area contributed by atoms with Crippen molar-refractivity contribution in [3.05, 3.63) is 126 Å². The number of hydrogen-bond donors (Lipinski definition) is 0.